The summed E-state index contributed by atoms with van der Waals surface area (Å²) in [5.74, 6) is -0.537. The molecule has 1 amide bonds. The first-order valence-electron chi connectivity index (χ1n) is 10.5. The summed E-state index contributed by atoms with van der Waals surface area (Å²) >= 11 is 0. The molecular formula is C25H25N5O2. The van der Waals surface area contributed by atoms with Crippen molar-refractivity contribution in [2.24, 2.45) is 0 Å². The summed E-state index contributed by atoms with van der Waals surface area (Å²) in [5.41, 5.74) is 5.04. The maximum absolute atomic E-state index is 13.0. The number of nitrogens with zero attached hydrogens (tertiary/aromatic N) is 4. The van der Waals surface area contributed by atoms with Crippen molar-refractivity contribution in [2.75, 3.05) is 5.32 Å². The molecule has 2 aromatic heterocycles. The van der Waals surface area contributed by atoms with Gasteiger partial charge in [0, 0.05) is 35.1 Å². The molecule has 0 fully saturated rings. The minimum Gasteiger partial charge on any atom is -0.319 e. The van der Waals surface area contributed by atoms with Gasteiger partial charge in [-0.2, -0.15) is 10.2 Å². The van der Waals surface area contributed by atoms with Gasteiger partial charge in [0.2, 0.25) is 0 Å². The van der Waals surface area contributed by atoms with Crippen LogP contribution in [0.1, 0.15) is 50.0 Å². The Hall–Kier alpha value is -4.00. The summed E-state index contributed by atoms with van der Waals surface area (Å²) in [5, 5.41) is 11.6. The van der Waals surface area contributed by atoms with E-state index in [2.05, 4.69) is 15.5 Å². The maximum atomic E-state index is 13.0. The molecule has 2 heterocycles. The van der Waals surface area contributed by atoms with Gasteiger partial charge in [0.1, 0.15) is 0 Å². The number of aryl methyl sites for hydroxylation is 2. The second kappa shape index (κ2) is 9.01. The normalized spacial score (nSPS) is 10.8. The third-order valence-corrected chi connectivity index (χ3v) is 5.46. The van der Waals surface area contributed by atoms with Gasteiger partial charge in [0.25, 0.3) is 5.91 Å². The molecule has 0 unspecified atom stereocenters. The average Bonchev–Trinajstić information content (AvgIpc) is 3.40. The summed E-state index contributed by atoms with van der Waals surface area (Å²) in [7, 11) is 0. The highest BCUT2D eigenvalue weighted by atomic mass is 16.2. The van der Waals surface area contributed by atoms with E-state index in [1.165, 1.54) is 0 Å². The number of nitrogens with one attached hydrogen (secondary N) is 1. The van der Waals surface area contributed by atoms with Crippen molar-refractivity contribution >= 4 is 17.4 Å². The highest BCUT2D eigenvalue weighted by Crippen LogP contribution is 2.18. The number of carbonyl (C=O) groups excluding carboxylic acids is 2. The van der Waals surface area contributed by atoms with Crippen LogP contribution in [0.5, 0.6) is 0 Å². The van der Waals surface area contributed by atoms with Gasteiger partial charge in [-0.05, 0) is 26.8 Å². The molecule has 4 rings (SSSR count). The molecule has 4 aromatic rings. The van der Waals surface area contributed by atoms with Crippen molar-refractivity contribution in [1.82, 2.24) is 19.6 Å². The van der Waals surface area contributed by atoms with Crippen LogP contribution in [-0.4, -0.2) is 31.3 Å². The molecule has 7 heteroatoms. The number of anilines is 1. The summed E-state index contributed by atoms with van der Waals surface area (Å²) in [4.78, 5) is 26.0. The van der Waals surface area contributed by atoms with Gasteiger partial charge in [-0.25, -0.2) is 0 Å². The molecular weight excluding hydrogens is 402 g/mol. The fourth-order valence-corrected chi connectivity index (χ4v) is 3.59. The maximum Gasteiger partial charge on any atom is 0.256 e. The topological polar surface area (TPSA) is 81.8 Å². The minimum absolute atomic E-state index is 0.185. The van der Waals surface area contributed by atoms with E-state index in [4.69, 9.17) is 0 Å². The van der Waals surface area contributed by atoms with Crippen LogP contribution >= 0.6 is 0 Å². The van der Waals surface area contributed by atoms with Crippen molar-refractivity contribution in [2.45, 2.75) is 33.9 Å². The number of ketones is 1. The Labute approximate surface area is 186 Å². The molecule has 0 aliphatic rings. The molecule has 7 nitrogen and oxygen atoms in total. The molecule has 0 aliphatic carbocycles. The molecule has 0 saturated heterocycles. The van der Waals surface area contributed by atoms with Crippen LogP contribution in [0.3, 0.4) is 0 Å². The smallest absolute Gasteiger partial charge is 0.256 e. The van der Waals surface area contributed by atoms with Crippen LogP contribution in [0.4, 0.5) is 5.69 Å². The molecule has 1 N–H and O–H groups in total. The first kappa shape index (κ1) is 21.2. The van der Waals surface area contributed by atoms with Crippen molar-refractivity contribution in [3.8, 4) is 0 Å². The number of hydrogen-bond donors (Lipinski definition) is 1. The summed E-state index contributed by atoms with van der Waals surface area (Å²) in [6.07, 6.45) is 5.21. The van der Waals surface area contributed by atoms with E-state index in [9.17, 15) is 9.59 Å². The molecule has 0 spiro atoms. The van der Waals surface area contributed by atoms with E-state index in [0.717, 1.165) is 23.4 Å². The largest absolute Gasteiger partial charge is 0.319 e. The van der Waals surface area contributed by atoms with E-state index < -0.39 is 0 Å². The number of benzene rings is 2. The molecule has 0 saturated carbocycles. The minimum atomic E-state index is -0.351. The third-order valence-electron chi connectivity index (χ3n) is 5.46. The first-order chi connectivity index (χ1) is 15.5. The monoisotopic (exact) mass is 427 g/mol. The van der Waals surface area contributed by atoms with Gasteiger partial charge in [-0.15, -0.1) is 0 Å². The lowest BCUT2D eigenvalue weighted by Gasteiger charge is -2.09. The quantitative estimate of drug-likeness (QED) is 0.447. The van der Waals surface area contributed by atoms with Crippen LogP contribution in [0.25, 0.3) is 0 Å². The third kappa shape index (κ3) is 4.37. The van der Waals surface area contributed by atoms with Crippen LogP contribution in [0.2, 0.25) is 0 Å². The van der Waals surface area contributed by atoms with Crippen molar-refractivity contribution in [3.05, 3.63) is 101 Å². The van der Waals surface area contributed by atoms with Crippen molar-refractivity contribution < 1.29 is 9.59 Å². The molecule has 0 bridgehead atoms. The summed E-state index contributed by atoms with van der Waals surface area (Å²) in [6, 6.07) is 14.2. The van der Waals surface area contributed by atoms with E-state index >= 15 is 0 Å². The Morgan fingerprint density at radius 1 is 0.938 bits per heavy atom. The molecule has 0 aliphatic heterocycles. The lowest BCUT2D eigenvalue weighted by Crippen LogP contribution is -2.16. The molecule has 32 heavy (non-hydrogen) atoms. The van der Waals surface area contributed by atoms with E-state index in [0.29, 0.717) is 28.9 Å². The molecule has 0 atom stereocenters. The predicted octanol–water partition coefficient (Wildman–Crippen LogP) is 4.25. The fourth-order valence-electron chi connectivity index (χ4n) is 3.59. The van der Waals surface area contributed by atoms with Gasteiger partial charge in [0.05, 0.1) is 30.2 Å². The van der Waals surface area contributed by atoms with Gasteiger partial charge >= 0.3 is 0 Å². The Bertz CT molecular complexity index is 1270. The van der Waals surface area contributed by atoms with Gasteiger partial charge < -0.3 is 5.32 Å². The number of amides is 1. The Balaban J connectivity index is 1.51. The standard InChI is InChI=1S/C25H25N5O2/c1-4-30-18(3)20(13-27-30)15-29-16-21(14-26-29)28-25(32)23-8-6-5-7-22(23)24(31)19-11-9-17(2)10-12-19/h5-14,16H,4,15H2,1-3H3,(H,28,32). The van der Waals surface area contributed by atoms with Crippen molar-refractivity contribution in [1.29, 1.82) is 0 Å². The van der Waals surface area contributed by atoms with E-state index in [-0.39, 0.29) is 11.7 Å². The Kier molecular flexibility index (Phi) is 5.98. The number of rotatable bonds is 7. The second-order valence-electron chi connectivity index (χ2n) is 7.69. The zero-order chi connectivity index (χ0) is 22.7. The van der Waals surface area contributed by atoms with Gasteiger partial charge in [-0.1, -0.05) is 48.0 Å². The first-order valence-corrected chi connectivity index (χ1v) is 10.5. The zero-order valence-corrected chi connectivity index (χ0v) is 18.4. The predicted molar refractivity (Wildman–Crippen MR) is 123 cm³/mol. The van der Waals surface area contributed by atoms with Crippen LogP contribution in [-0.2, 0) is 13.1 Å². The molecule has 2 aromatic carbocycles. The number of aromatic nitrogens is 4. The summed E-state index contributed by atoms with van der Waals surface area (Å²) in [6.45, 7) is 7.41. The van der Waals surface area contributed by atoms with Crippen LogP contribution < -0.4 is 5.32 Å². The highest BCUT2D eigenvalue weighted by Gasteiger charge is 2.18. The molecule has 0 radical (unpaired) electrons. The lowest BCUT2D eigenvalue weighted by atomic mass is 9.97. The van der Waals surface area contributed by atoms with Crippen LogP contribution in [0, 0.1) is 13.8 Å². The van der Waals surface area contributed by atoms with Crippen molar-refractivity contribution in [3.63, 3.8) is 0 Å². The van der Waals surface area contributed by atoms with Gasteiger partial charge in [0.15, 0.2) is 5.78 Å². The van der Waals surface area contributed by atoms with Crippen LogP contribution in [0.15, 0.2) is 67.1 Å². The Morgan fingerprint density at radius 3 is 2.34 bits per heavy atom. The summed E-state index contributed by atoms with van der Waals surface area (Å²) < 4.78 is 3.69. The lowest BCUT2D eigenvalue weighted by molar-refractivity contribution is 0.0996. The second-order valence-corrected chi connectivity index (χ2v) is 7.69. The van der Waals surface area contributed by atoms with E-state index in [1.54, 1.807) is 53.5 Å². The SMILES string of the molecule is CCn1ncc(Cn2cc(NC(=O)c3ccccc3C(=O)c3ccc(C)cc3)cn2)c1C. The average molecular weight is 428 g/mol. The highest BCUT2D eigenvalue weighted by molar-refractivity contribution is 6.17. The number of carbonyl (C=O) groups is 2. The number of hydrogen-bond acceptors (Lipinski definition) is 4. The fraction of sp³-hybridized carbons (Fsp3) is 0.200. The van der Waals surface area contributed by atoms with E-state index in [1.807, 2.05) is 43.8 Å². The zero-order valence-electron chi connectivity index (χ0n) is 18.4. The Morgan fingerprint density at radius 2 is 1.66 bits per heavy atom. The molecule has 162 valence electrons. The van der Waals surface area contributed by atoms with Gasteiger partial charge in [-0.3, -0.25) is 19.0 Å².